The first-order valence-corrected chi connectivity index (χ1v) is 11.9. The number of carbonyl (C=O) groups excluding carboxylic acids is 1. The lowest BCUT2D eigenvalue weighted by Gasteiger charge is -2.37. The van der Waals surface area contributed by atoms with Crippen LogP contribution in [0.2, 0.25) is 0 Å². The minimum atomic E-state index is -2.86. The van der Waals surface area contributed by atoms with Crippen molar-refractivity contribution in [3.63, 3.8) is 0 Å². The Morgan fingerprint density at radius 3 is 2.39 bits per heavy atom. The Kier molecular flexibility index (Phi) is 7.18. The highest BCUT2D eigenvalue weighted by Gasteiger charge is 2.34. The van der Waals surface area contributed by atoms with Gasteiger partial charge in [-0.05, 0) is 31.9 Å². The molecule has 7 nitrogen and oxygen atoms in total. The minimum absolute atomic E-state index is 0.126. The van der Waals surface area contributed by atoms with E-state index in [2.05, 4.69) is 4.90 Å². The number of benzene rings is 1. The van der Waals surface area contributed by atoms with Crippen molar-refractivity contribution in [2.75, 3.05) is 50.9 Å². The van der Waals surface area contributed by atoms with Gasteiger partial charge in [0.25, 0.3) is 0 Å². The summed E-state index contributed by atoms with van der Waals surface area (Å²) >= 11 is 0. The highest BCUT2D eigenvalue weighted by atomic mass is 32.2. The molecular formula is C20H30N2O5S. The van der Waals surface area contributed by atoms with Crippen molar-refractivity contribution in [2.45, 2.75) is 32.2 Å². The summed E-state index contributed by atoms with van der Waals surface area (Å²) in [5, 5.41) is 0. The Balaban J connectivity index is 1.36. The second kappa shape index (κ2) is 9.60. The summed E-state index contributed by atoms with van der Waals surface area (Å²) in [7, 11) is -2.86. The van der Waals surface area contributed by atoms with Gasteiger partial charge in [0.2, 0.25) is 5.91 Å². The monoisotopic (exact) mass is 410 g/mol. The second-order valence-electron chi connectivity index (χ2n) is 7.31. The number of sulfone groups is 1. The van der Waals surface area contributed by atoms with E-state index in [0.717, 1.165) is 25.3 Å². The number of hydrogen-bond donors (Lipinski definition) is 0. The van der Waals surface area contributed by atoms with E-state index in [9.17, 15) is 13.2 Å². The Labute approximate surface area is 167 Å². The van der Waals surface area contributed by atoms with Crippen LogP contribution in [0, 0.1) is 0 Å². The molecule has 2 fully saturated rings. The first kappa shape index (κ1) is 20.9. The predicted octanol–water partition coefficient (Wildman–Crippen LogP) is 1.58. The fourth-order valence-corrected chi connectivity index (χ4v) is 5.57. The van der Waals surface area contributed by atoms with Crippen molar-refractivity contribution < 1.29 is 22.7 Å². The van der Waals surface area contributed by atoms with Crippen LogP contribution in [0.5, 0.6) is 11.5 Å². The first-order chi connectivity index (χ1) is 13.5. The van der Waals surface area contributed by atoms with E-state index >= 15 is 0 Å². The summed E-state index contributed by atoms with van der Waals surface area (Å²) in [5.41, 5.74) is 0. The molecule has 2 aliphatic rings. The van der Waals surface area contributed by atoms with E-state index in [0.29, 0.717) is 50.6 Å². The van der Waals surface area contributed by atoms with Crippen LogP contribution < -0.4 is 9.47 Å². The number of amides is 1. The van der Waals surface area contributed by atoms with Crippen LogP contribution in [-0.4, -0.2) is 81.1 Å². The maximum Gasteiger partial charge on any atom is 0.222 e. The number of piperazine rings is 1. The van der Waals surface area contributed by atoms with Gasteiger partial charge in [-0.3, -0.25) is 9.69 Å². The summed E-state index contributed by atoms with van der Waals surface area (Å²) in [6, 6.07) is 7.68. The quantitative estimate of drug-likeness (QED) is 0.606. The summed E-state index contributed by atoms with van der Waals surface area (Å²) in [5.74, 6) is 2.13. The summed E-state index contributed by atoms with van der Waals surface area (Å²) in [6.07, 6.45) is 1.83. The van der Waals surface area contributed by atoms with Gasteiger partial charge in [0.1, 0.15) is 0 Å². The Morgan fingerprint density at radius 2 is 1.79 bits per heavy atom. The van der Waals surface area contributed by atoms with Crippen LogP contribution in [0.3, 0.4) is 0 Å². The van der Waals surface area contributed by atoms with E-state index in [-0.39, 0.29) is 17.7 Å². The van der Waals surface area contributed by atoms with Gasteiger partial charge in [-0.25, -0.2) is 8.42 Å². The Hall–Kier alpha value is -1.80. The van der Waals surface area contributed by atoms with Crippen molar-refractivity contribution in [2.24, 2.45) is 0 Å². The maximum atomic E-state index is 12.4. The molecule has 2 aliphatic heterocycles. The summed E-state index contributed by atoms with van der Waals surface area (Å²) in [4.78, 5) is 16.5. The molecule has 0 radical (unpaired) electrons. The first-order valence-electron chi connectivity index (χ1n) is 10.1. The average molecular weight is 411 g/mol. The van der Waals surface area contributed by atoms with Crippen LogP contribution in [0.25, 0.3) is 0 Å². The van der Waals surface area contributed by atoms with Crippen LogP contribution in [0.1, 0.15) is 26.2 Å². The van der Waals surface area contributed by atoms with E-state index in [1.54, 1.807) is 0 Å². The number of ether oxygens (including phenoxy) is 2. The van der Waals surface area contributed by atoms with Crippen molar-refractivity contribution in [3.05, 3.63) is 24.3 Å². The highest BCUT2D eigenvalue weighted by Crippen LogP contribution is 2.26. The van der Waals surface area contributed by atoms with Crippen molar-refractivity contribution in [3.8, 4) is 11.5 Å². The van der Waals surface area contributed by atoms with Gasteiger partial charge in [-0.2, -0.15) is 0 Å². The second-order valence-corrected chi connectivity index (χ2v) is 9.53. The van der Waals surface area contributed by atoms with E-state index in [1.807, 2.05) is 36.1 Å². The number of hydrogen-bond acceptors (Lipinski definition) is 6. The molecule has 0 spiro atoms. The highest BCUT2D eigenvalue weighted by molar-refractivity contribution is 7.91. The molecule has 0 bridgehead atoms. The molecule has 8 heteroatoms. The Morgan fingerprint density at radius 1 is 1.11 bits per heavy atom. The molecule has 28 heavy (non-hydrogen) atoms. The van der Waals surface area contributed by atoms with Gasteiger partial charge in [-0.15, -0.1) is 0 Å². The molecule has 1 amide bonds. The molecule has 1 atom stereocenters. The van der Waals surface area contributed by atoms with Gasteiger partial charge in [-0.1, -0.05) is 12.1 Å². The standard InChI is InChI=1S/C20H30N2O5S/c1-2-26-18-6-3-4-7-19(18)27-14-5-8-20(23)22-12-10-21(11-13-22)17-9-15-28(24,25)16-17/h3-4,6-7,17H,2,5,8-16H2,1H3. The minimum Gasteiger partial charge on any atom is -0.490 e. The lowest BCUT2D eigenvalue weighted by Crippen LogP contribution is -2.52. The number of carbonyl (C=O) groups is 1. The van der Waals surface area contributed by atoms with Gasteiger partial charge >= 0.3 is 0 Å². The molecule has 0 aromatic heterocycles. The third-order valence-electron chi connectivity index (χ3n) is 5.33. The third kappa shape index (κ3) is 5.61. The summed E-state index contributed by atoms with van der Waals surface area (Å²) < 4.78 is 34.6. The SMILES string of the molecule is CCOc1ccccc1OCCCC(=O)N1CCN(C2CCS(=O)(=O)C2)CC1. The molecule has 0 aliphatic carbocycles. The molecule has 0 N–H and O–H groups in total. The van der Waals surface area contributed by atoms with Crippen LogP contribution >= 0.6 is 0 Å². The maximum absolute atomic E-state index is 12.4. The van der Waals surface area contributed by atoms with Gasteiger partial charge < -0.3 is 14.4 Å². The zero-order chi connectivity index (χ0) is 20.0. The van der Waals surface area contributed by atoms with Gasteiger partial charge in [0, 0.05) is 38.6 Å². The molecule has 2 heterocycles. The zero-order valence-corrected chi connectivity index (χ0v) is 17.3. The number of para-hydroxylation sites is 2. The lowest BCUT2D eigenvalue weighted by atomic mass is 10.2. The van der Waals surface area contributed by atoms with Crippen LogP contribution in [-0.2, 0) is 14.6 Å². The number of rotatable bonds is 8. The molecule has 0 saturated carbocycles. The van der Waals surface area contributed by atoms with E-state index < -0.39 is 9.84 Å². The van der Waals surface area contributed by atoms with Crippen molar-refractivity contribution in [1.82, 2.24) is 9.80 Å². The third-order valence-corrected chi connectivity index (χ3v) is 7.08. The molecule has 156 valence electrons. The largest absolute Gasteiger partial charge is 0.490 e. The molecule has 2 saturated heterocycles. The molecule has 1 unspecified atom stereocenters. The topological polar surface area (TPSA) is 76.2 Å². The fraction of sp³-hybridized carbons (Fsp3) is 0.650. The average Bonchev–Trinajstić information content (AvgIpc) is 3.06. The van der Waals surface area contributed by atoms with E-state index in [4.69, 9.17) is 9.47 Å². The lowest BCUT2D eigenvalue weighted by molar-refractivity contribution is -0.133. The predicted molar refractivity (Wildman–Crippen MR) is 108 cm³/mol. The fourth-order valence-electron chi connectivity index (χ4n) is 3.81. The molecule has 1 aromatic carbocycles. The molecular weight excluding hydrogens is 380 g/mol. The Bertz CT molecular complexity index is 760. The van der Waals surface area contributed by atoms with E-state index in [1.165, 1.54) is 0 Å². The zero-order valence-electron chi connectivity index (χ0n) is 16.5. The normalized spacial score (nSPS) is 22.2. The van der Waals surface area contributed by atoms with Crippen molar-refractivity contribution >= 4 is 15.7 Å². The number of nitrogens with zero attached hydrogens (tertiary/aromatic N) is 2. The van der Waals surface area contributed by atoms with Crippen LogP contribution in [0.15, 0.2) is 24.3 Å². The smallest absolute Gasteiger partial charge is 0.222 e. The van der Waals surface area contributed by atoms with Gasteiger partial charge in [0.05, 0.1) is 24.7 Å². The van der Waals surface area contributed by atoms with Gasteiger partial charge in [0.15, 0.2) is 21.3 Å². The molecule has 1 aromatic rings. The molecule has 3 rings (SSSR count). The summed E-state index contributed by atoms with van der Waals surface area (Å²) in [6.45, 7) is 5.83. The van der Waals surface area contributed by atoms with Crippen molar-refractivity contribution in [1.29, 1.82) is 0 Å². The van der Waals surface area contributed by atoms with Crippen LogP contribution in [0.4, 0.5) is 0 Å².